The van der Waals surface area contributed by atoms with Gasteiger partial charge >= 0.3 is 0 Å². The summed E-state index contributed by atoms with van der Waals surface area (Å²) < 4.78 is 1.59. The van der Waals surface area contributed by atoms with E-state index >= 15 is 0 Å². The standard InChI is InChI=1S/C12H12ClN3O/c1-2-11-15-10(13)7-12(17)16(11)8-9-5-3-4-6-14-9/h3-7H,2,8H2,1H3. The fraction of sp³-hybridized carbons (Fsp3) is 0.250. The molecule has 88 valence electrons. The fourth-order valence-corrected chi connectivity index (χ4v) is 1.81. The Morgan fingerprint density at radius 2 is 2.24 bits per heavy atom. The van der Waals surface area contributed by atoms with Gasteiger partial charge in [-0.15, -0.1) is 0 Å². The third-order valence-electron chi connectivity index (χ3n) is 2.42. The second-order valence-electron chi connectivity index (χ2n) is 3.59. The summed E-state index contributed by atoms with van der Waals surface area (Å²) in [5.74, 6) is 0.674. The van der Waals surface area contributed by atoms with E-state index in [9.17, 15) is 4.79 Å². The quantitative estimate of drug-likeness (QED) is 0.781. The molecule has 0 aliphatic heterocycles. The highest BCUT2D eigenvalue weighted by atomic mass is 35.5. The van der Waals surface area contributed by atoms with E-state index in [1.165, 1.54) is 6.07 Å². The minimum atomic E-state index is -0.146. The van der Waals surface area contributed by atoms with Crippen LogP contribution in [0.1, 0.15) is 18.4 Å². The van der Waals surface area contributed by atoms with Gasteiger partial charge in [0.15, 0.2) is 0 Å². The zero-order valence-electron chi connectivity index (χ0n) is 9.43. The molecule has 2 aromatic rings. The van der Waals surface area contributed by atoms with E-state index in [-0.39, 0.29) is 10.7 Å². The summed E-state index contributed by atoms with van der Waals surface area (Å²) in [6.07, 6.45) is 2.36. The van der Waals surface area contributed by atoms with Gasteiger partial charge in [-0.2, -0.15) is 0 Å². The number of pyridine rings is 1. The number of hydrogen-bond donors (Lipinski definition) is 0. The minimum Gasteiger partial charge on any atom is -0.291 e. The van der Waals surface area contributed by atoms with Gasteiger partial charge in [-0.3, -0.25) is 14.3 Å². The predicted molar refractivity (Wildman–Crippen MR) is 66.2 cm³/mol. The number of nitrogens with zero attached hydrogens (tertiary/aromatic N) is 3. The molecule has 0 saturated carbocycles. The van der Waals surface area contributed by atoms with Crippen molar-refractivity contribution in [3.05, 3.63) is 57.5 Å². The SMILES string of the molecule is CCc1nc(Cl)cc(=O)n1Cc1ccccn1. The second-order valence-corrected chi connectivity index (χ2v) is 3.98. The molecule has 0 spiro atoms. The lowest BCUT2D eigenvalue weighted by molar-refractivity contribution is 0.663. The van der Waals surface area contributed by atoms with Crippen LogP contribution in [0.15, 0.2) is 35.3 Å². The largest absolute Gasteiger partial charge is 0.291 e. The summed E-state index contributed by atoms with van der Waals surface area (Å²) in [4.78, 5) is 20.2. The van der Waals surface area contributed by atoms with Crippen LogP contribution in [-0.4, -0.2) is 14.5 Å². The Kier molecular flexibility index (Phi) is 3.54. The summed E-state index contributed by atoms with van der Waals surface area (Å²) in [6, 6.07) is 6.93. The molecular weight excluding hydrogens is 238 g/mol. The van der Waals surface area contributed by atoms with Gasteiger partial charge in [0.1, 0.15) is 11.0 Å². The van der Waals surface area contributed by atoms with Crippen molar-refractivity contribution in [1.29, 1.82) is 0 Å². The molecule has 2 rings (SSSR count). The monoisotopic (exact) mass is 249 g/mol. The van der Waals surface area contributed by atoms with Gasteiger partial charge in [-0.05, 0) is 12.1 Å². The first-order valence-corrected chi connectivity index (χ1v) is 5.74. The second kappa shape index (κ2) is 5.10. The molecule has 0 radical (unpaired) electrons. The van der Waals surface area contributed by atoms with Crippen LogP contribution in [0.5, 0.6) is 0 Å². The van der Waals surface area contributed by atoms with Crippen LogP contribution in [0, 0.1) is 0 Å². The van der Waals surface area contributed by atoms with Crippen LogP contribution in [-0.2, 0) is 13.0 Å². The van der Waals surface area contributed by atoms with Crippen LogP contribution in [0.25, 0.3) is 0 Å². The van der Waals surface area contributed by atoms with Gasteiger partial charge in [-0.1, -0.05) is 24.6 Å². The van der Waals surface area contributed by atoms with E-state index < -0.39 is 0 Å². The summed E-state index contributed by atoms with van der Waals surface area (Å²) in [7, 11) is 0. The van der Waals surface area contributed by atoms with Crippen molar-refractivity contribution >= 4 is 11.6 Å². The Morgan fingerprint density at radius 1 is 1.41 bits per heavy atom. The van der Waals surface area contributed by atoms with Crippen LogP contribution in [0.2, 0.25) is 5.15 Å². The maximum atomic E-state index is 11.8. The molecule has 0 fully saturated rings. The number of hydrogen-bond acceptors (Lipinski definition) is 3. The van der Waals surface area contributed by atoms with Crippen molar-refractivity contribution in [1.82, 2.24) is 14.5 Å². The molecule has 2 aromatic heterocycles. The third-order valence-corrected chi connectivity index (χ3v) is 2.61. The Labute approximate surface area is 104 Å². The molecule has 0 saturated heterocycles. The highest BCUT2D eigenvalue weighted by Crippen LogP contribution is 2.05. The molecule has 4 nitrogen and oxygen atoms in total. The average molecular weight is 250 g/mol. The topological polar surface area (TPSA) is 47.8 Å². The Bertz CT molecular complexity index is 566. The smallest absolute Gasteiger partial charge is 0.255 e. The van der Waals surface area contributed by atoms with Crippen molar-refractivity contribution in [2.75, 3.05) is 0 Å². The lowest BCUT2D eigenvalue weighted by Crippen LogP contribution is -2.25. The summed E-state index contributed by atoms with van der Waals surface area (Å²) in [6.45, 7) is 2.36. The lowest BCUT2D eigenvalue weighted by Gasteiger charge is -2.10. The average Bonchev–Trinajstić information content (AvgIpc) is 2.33. The van der Waals surface area contributed by atoms with E-state index in [0.29, 0.717) is 18.8 Å². The molecular formula is C12H12ClN3O. The highest BCUT2D eigenvalue weighted by molar-refractivity contribution is 6.29. The zero-order valence-corrected chi connectivity index (χ0v) is 10.2. The van der Waals surface area contributed by atoms with E-state index in [1.807, 2.05) is 25.1 Å². The normalized spacial score (nSPS) is 10.5. The molecule has 0 atom stereocenters. The summed E-state index contributed by atoms with van der Waals surface area (Å²) in [5.41, 5.74) is 0.681. The Hall–Kier alpha value is -1.68. The Morgan fingerprint density at radius 3 is 2.88 bits per heavy atom. The van der Waals surface area contributed by atoms with E-state index in [4.69, 9.17) is 11.6 Å². The zero-order chi connectivity index (χ0) is 12.3. The van der Waals surface area contributed by atoms with Crippen LogP contribution >= 0.6 is 11.6 Å². The van der Waals surface area contributed by atoms with Crippen molar-refractivity contribution in [3.63, 3.8) is 0 Å². The molecule has 0 unspecified atom stereocenters. The molecule has 0 aromatic carbocycles. The maximum Gasteiger partial charge on any atom is 0.255 e. The van der Waals surface area contributed by atoms with Crippen LogP contribution in [0.4, 0.5) is 0 Å². The van der Waals surface area contributed by atoms with E-state index in [0.717, 1.165) is 5.69 Å². The van der Waals surface area contributed by atoms with Gasteiger partial charge in [0.05, 0.1) is 12.2 Å². The molecule has 17 heavy (non-hydrogen) atoms. The number of halogens is 1. The lowest BCUT2D eigenvalue weighted by atomic mass is 10.3. The minimum absolute atomic E-state index is 0.146. The van der Waals surface area contributed by atoms with Crippen molar-refractivity contribution in [2.24, 2.45) is 0 Å². The van der Waals surface area contributed by atoms with Gasteiger partial charge in [0, 0.05) is 18.7 Å². The van der Waals surface area contributed by atoms with Crippen LogP contribution < -0.4 is 5.56 Å². The molecule has 2 heterocycles. The molecule has 0 N–H and O–H groups in total. The molecule has 0 aliphatic rings. The van der Waals surface area contributed by atoms with Gasteiger partial charge in [0.25, 0.3) is 5.56 Å². The molecule has 0 bridgehead atoms. The van der Waals surface area contributed by atoms with E-state index in [1.54, 1.807) is 10.8 Å². The van der Waals surface area contributed by atoms with Gasteiger partial charge < -0.3 is 0 Å². The fourth-order valence-electron chi connectivity index (χ4n) is 1.62. The summed E-state index contributed by atoms with van der Waals surface area (Å²) >= 11 is 5.76. The van der Waals surface area contributed by atoms with Crippen molar-refractivity contribution in [2.45, 2.75) is 19.9 Å². The van der Waals surface area contributed by atoms with Gasteiger partial charge in [0.2, 0.25) is 0 Å². The highest BCUT2D eigenvalue weighted by Gasteiger charge is 2.07. The summed E-state index contributed by atoms with van der Waals surface area (Å²) in [5, 5.41) is 0.240. The van der Waals surface area contributed by atoms with Crippen molar-refractivity contribution < 1.29 is 0 Å². The van der Waals surface area contributed by atoms with Crippen LogP contribution in [0.3, 0.4) is 0 Å². The number of rotatable bonds is 3. The van der Waals surface area contributed by atoms with Gasteiger partial charge in [-0.25, -0.2) is 4.98 Å². The molecule has 0 aliphatic carbocycles. The maximum absolute atomic E-state index is 11.8. The number of aromatic nitrogens is 3. The number of aryl methyl sites for hydroxylation is 1. The van der Waals surface area contributed by atoms with E-state index in [2.05, 4.69) is 9.97 Å². The first-order chi connectivity index (χ1) is 8.20. The first kappa shape index (κ1) is 11.8. The molecule has 5 heteroatoms. The third kappa shape index (κ3) is 2.71. The predicted octanol–water partition coefficient (Wildman–Crippen LogP) is 1.90. The molecule has 0 amide bonds. The van der Waals surface area contributed by atoms with Crippen molar-refractivity contribution in [3.8, 4) is 0 Å². The first-order valence-electron chi connectivity index (χ1n) is 5.37. The Balaban J connectivity index is 2.42.